The smallest absolute Gasteiger partial charge is 0.423 e. The first-order valence-electron chi connectivity index (χ1n) is 3.52. The predicted molar refractivity (Wildman–Crippen MR) is 43.5 cm³/mol. The van der Waals surface area contributed by atoms with Gasteiger partial charge in [-0.2, -0.15) is 13.2 Å². The zero-order valence-corrected chi connectivity index (χ0v) is 6.78. The summed E-state index contributed by atoms with van der Waals surface area (Å²) in [4.78, 5) is 3.00. The molecular formula is C6H6BF3N2O2. The summed E-state index contributed by atoms with van der Waals surface area (Å²) in [5.74, 6) is -0.546. The average molecular weight is 206 g/mol. The standard InChI is InChI=1S/C6H6BF3N2O2/c8-6(9,10)4-2-1-3(7(13)14)5(11)12-4/h1-2,13-14H,(H2,11,12). The van der Waals surface area contributed by atoms with Crippen LogP contribution in [0.3, 0.4) is 0 Å². The summed E-state index contributed by atoms with van der Waals surface area (Å²) < 4.78 is 36.2. The van der Waals surface area contributed by atoms with E-state index in [1.807, 2.05) is 0 Å². The summed E-state index contributed by atoms with van der Waals surface area (Å²) in [6.07, 6.45) is -4.59. The topological polar surface area (TPSA) is 79.4 Å². The molecule has 14 heavy (non-hydrogen) atoms. The van der Waals surface area contributed by atoms with Crippen molar-refractivity contribution in [2.75, 3.05) is 5.73 Å². The van der Waals surface area contributed by atoms with Gasteiger partial charge >= 0.3 is 13.3 Å². The largest absolute Gasteiger partial charge is 0.492 e. The molecule has 1 aromatic heterocycles. The zero-order valence-electron chi connectivity index (χ0n) is 6.78. The van der Waals surface area contributed by atoms with E-state index in [1.54, 1.807) is 0 Å². The van der Waals surface area contributed by atoms with Gasteiger partial charge in [-0.3, -0.25) is 0 Å². The van der Waals surface area contributed by atoms with Crippen LogP contribution in [-0.2, 0) is 6.18 Å². The molecule has 0 unspecified atom stereocenters. The van der Waals surface area contributed by atoms with Crippen LogP contribution in [0.4, 0.5) is 19.0 Å². The van der Waals surface area contributed by atoms with E-state index >= 15 is 0 Å². The van der Waals surface area contributed by atoms with E-state index in [0.717, 1.165) is 6.07 Å². The van der Waals surface area contributed by atoms with Crippen LogP contribution in [0.1, 0.15) is 5.69 Å². The maximum atomic E-state index is 12.1. The molecule has 0 fully saturated rings. The minimum atomic E-state index is -4.59. The summed E-state index contributed by atoms with van der Waals surface area (Å²) in [6.45, 7) is 0. The van der Waals surface area contributed by atoms with E-state index in [2.05, 4.69) is 4.98 Å². The first kappa shape index (κ1) is 10.8. The van der Waals surface area contributed by atoms with Crippen molar-refractivity contribution >= 4 is 18.4 Å². The summed E-state index contributed by atoms with van der Waals surface area (Å²) in [5, 5.41) is 17.3. The molecule has 1 aromatic rings. The van der Waals surface area contributed by atoms with Gasteiger partial charge in [0.15, 0.2) is 0 Å². The van der Waals surface area contributed by atoms with Gasteiger partial charge in [0.25, 0.3) is 0 Å². The molecule has 0 radical (unpaired) electrons. The number of halogens is 3. The average Bonchev–Trinajstić information content (AvgIpc) is 2.01. The number of pyridine rings is 1. The van der Waals surface area contributed by atoms with Gasteiger partial charge in [0.1, 0.15) is 11.5 Å². The second-order valence-corrected chi connectivity index (χ2v) is 2.54. The predicted octanol–water partition coefficient (Wildman–Crippen LogP) is -0.638. The lowest BCUT2D eigenvalue weighted by molar-refractivity contribution is -0.141. The number of hydrogen-bond acceptors (Lipinski definition) is 4. The number of alkyl halides is 3. The Kier molecular flexibility index (Phi) is 2.67. The van der Waals surface area contributed by atoms with Gasteiger partial charge in [-0.15, -0.1) is 0 Å². The Labute approximate surface area is 77.3 Å². The molecule has 0 bridgehead atoms. The molecule has 0 saturated carbocycles. The van der Waals surface area contributed by atoms with E-state index in [1.165, 1.54) is 0 Å². The Morgan fingerprint density at radius 3 is 2.21 bits per heavy atom. The lowest BCUT2D eigenvalue weighted by Gasteiger charge is -2.08. The number of hydrogen-bond donors (Lipinski definition) is 3. The summed E-state index contributed by atoms with van der Waals surface area (Å²) in [5.41, 5.74) is 3.67. The Morgan fingerprint density at radius 2 is 1.86 bits per heavy atom. The maximum Gasteiger partial charge on any atom is 0.492 e. The second kappa shape index (κ2) is 3.47. The normalized spacial score (nSPS) is 11.5. The van der Waals surface area contributed by atoms with E-state index in [-0.39, 0.29) is 5.46 Å². The van der Waals surface area contributed by atoms with Crippen molar-refractivity contribution in [3.63, 3.8) is 0 Å². The summed E-state index contributed by atoms with van der Waals surface area (Å²) in [7, 11) is -1.93. The molecule has 0 amide bonds. The fourth-order valence-electron chi connectivity index (χ4n) is 0.862. The van der Waals surface area contributed by atoms with E-state index < -0.39 is 24.8 Å². The third-order valence-corrected chi connectivity index (χ3v) is 1.53. The van der Waals surface area contributed by atoms with Crippen molar-refractivity contribution in [1.29, 1.82) is 0 Å². The highest BCUT2D eigenvalue weighted by Gasteiger charge is 2.33. The molecule has 4 N–H and O–H groups in total. The number of aromatic nitrogens is 1. The Balaban J connectivity index is 3.13. The van der Waals surface area contributed by atoms with Crippen LogP contribution < -0.4 is 11.2 Å². The summed E-state index contributed by atoms with van der Waals surface area (Å²) in [6, 6.07) is 1.50. The molecule has 0 aliphatic rings. The maximum absolute atomic E-state index is 12.1. The van der Waals surface area contributed by atoms with E-state index in [0.29, 0.717) is 6.07 Å². The number of nitrogens with zero attached hydrogens (tertiary/aromatic N) is 1. The molecule has 0 saturated heterocycles. The fourth-order valence-corrected chi connectivity index (χ4v) is 0.862. The zero-order chi connectivity index (χ0) is 10.9. The molecular weight excluding hydrogens is 200 g/mol. The Morgan fingerprint density at radius 1 is 1.29 bits per heavy atom. The van der Waals surface area contributed by atoms with Crippen LogP contribution in [0.2, 0.25) is 0 Å². The molecule has 1 rings (SSSR count). The van der Waals surface area contributed by atoms with Crippen molar-refractivity contribution in [3.05, 3.63) is 17.8 Å². The highest BCUT2D eigenvalue weighted by atomic mass is 19.4. The highest BCUT2D eigenvalue weighted by molar-refractivity contribution is 6.60. The van der Waals surface area contributed by atoms with Crippen LogP contribution in [0.25, 0.3) is 0 Å². The van der Waals surface area contributed by atoms with Crippen molar-refractivity contribution in [2.45, 2.75) is 6.18 Å². The van der Waals surface area contributed by atoms with Gasteiger partial charge in [-0.05, 0) is 6.07 Å². The minimum Gasteiger partial charge on any atom is -0.423 e. The van der Waals surface area contributed by atoms with Gasteiger partial charge in [0.2, 0.25) is 0 Å². The SMILES string of the molecule is Nc1nc(C(F)(F)F)ccc1B(O)O. The molecule has 8 heteroatoms. The third-order valence-electron chi connectivity index (χ3n) is 1.53. The summed E-state index contributed by atoms with van der Waals surface area (Å²) >= 11 is 0. The van der Waals surface area contributed by atoms with Crippen molar-refractivity contribution in [1.82, 2.24) is 4.98 Å². The highest BCUT2D eigenvalue weighted by Crippen LogP contribution is 2.27. The number of nitrogen functional groups attached to an aromatic ring is 1. The van der Waals surface area contributed by atoms with E-state index in [9.17, 15) is 13.2 Å². The first-order chi connectivity index (χ1) is 6.32. The molecule has 0 aliphatic carbocycles. The molecule has 1 heterocycles. The number of anilines is 1. The number of nitrogens with two attached hydrogens (primary N) is 1. The molecule has 4 nitrogen and oxygen atoms in total. The van der Waals surface area contributed by atoms with Crippen molar-refractivity contribution < 1.29 is 23.2 Å². The van der Waals surface area contributed by atoms with E-state index in [4.69, 9.17) is 15.8 Å². The molecule has 0 spiro atoms. The van der Waals surface area contributed by atoms with Gasteiger partial charge in [-0.1, -0.05) is 6.07 Å². The van der Waals surface area contributed by atoms with Crippen LogP contribution in [-0.4, -0.2) is 22.2 Å². The van der Waals surface area contributed by atoms with Crippen LogP contribution in [0, 0.1) is 0 Å². The molecule has 0 aromatic carbocycles. The van der Waals surface area contributed by atoms with Crippen LogP contribution in [0.5, 0.6) is 0 Å². The molecule has 76 valence electrons. The fraction of sp³-hybridized carbons (Fsp3) is 0.167. The first-order valence-corrected chi connectivity index (χ1v) is 3.52. The van der Waals surface area contributed by atoms with Crippen molar-refractivity contribution in [3.8, 4) is 0 Å². The van der Waals surface area contributed by atoms with Gasteiger partial charge < -0.3 is 15.8 Å². The van der Waals surface area contributed by atoms with Crippen LogP contribution in [0.15, 0.2) is 12.1 Å². The minimum absolute atomic E-state index is 0.252. The van der Waals surface area contributed by atoms with Gasteiger partial charge in [0, 0.05) is 5.46 Å². The lowest BCUT2D eigenvalue weighted by atomic mass is 9.80. The molecule has 0 atom stereocenters. The Bertz CT molecular complexity index is 342. The molecule has 0 aliphatic heterocycles. The Hall–Kier alpha value is -1.28. The van der Waals surface area contributed by atoms with Crippen molar-refractivity contribution in [2.24, 2.45) is 0 Å². The quantitative estimate of drug-likeness (QED) is 0.534. The van der Waals surface area contributed by atoms with Crippen LogP contribution >= 0.6 is 0 Å². The second-order valence-electron chi connectivity index (χ2n) is 2.54. The monoisotopic (exact) mass is 206 g/mol. The third kappa shape index (κ3) is 2.15. The van der Waals surface area contributed by atoms with Gasteiger partial charge in [-0.25, -0.2) is 4.98 Å². The number of rotatable bonds is 1. The lowest BCUT2D eigenvalue weighted by Crippen LogP contribution is -2.33. The van der Waals surface area contributed by atoms with Gasteiger partial charge in [0.05, 0.1) is 0 Å².